The lowest BCUT2D eigenvalue weighted by Gasteiger charge is -2.34. The molecule has 0 bridgehead atoms. The molecule has 3 aromatic rings. The number of carbonyl (C=O) groups excluding carboxylic acids is 1. The van der Waals surface area contributed by atoms with Gasteiger partial charge in [0.25, 0.3) is 0 Å². The van der Waals surface area contributed by atoms with Crippen molar-refractivity contribution in [3.63, 3.8) is 0 Å². The van der Waals surface area contributed by atoms with Gasteiger partial charge >= 0.3 is 0 Å². The number of rotatable bonds is 7. The molecule has 2 fully saturated rings. The quantitative estimate of drug-likeness (QED) is 0.410. The Morgan fingerprint density at radius 3 is 2.72 bits per heavy atom. The molecule has 192 valence electrons. The first-order valence-electron chi connectivity index (χ1n) is 12.4. The van der Waals surface area contributed by atoms with Crippen LogP contribution in [0.3, 0.4) is 0 Å². The van der Waals surface area contributed by atoms with Crippen molar-refractivity contribution in [3.05, 3.63) is 53.1 Å². The van der Waals surface area contributed by atoms with Crippen LogP contribution in [0.25, 0.3) is 10.2 Å². The average Bonchev–Trinajstić information content (AvgIpc) is 3.56. The van der Waals surface area contributed by atoms with Crippen LogP contribution in [-0.4, -0.2) is 56.0 Å². The topological polar surface area (TPSA) is 79.8 Å². The van der Waals surface area contributed by atoms with Crippen LogP contribution >= 0.6 is 22.9 Å². The van der Waals surface area contributed by atoms with Crippen molar-refractivity contribution in [1.29, 1.82) is 0 Å². The normalized spacial score (nSPS) is 21.2. The molecule has 2 saturated heterocycles. The lowest BCUT2D eigenvalue weighted by atomic mass is 9.98. The molecule has 0 aliphatic carbocycles. The van der Waals surface area contributed by atoms with Gasteiger partial charge in [-0.15, -0.1) is 0 Å². The van der Waals surface area contributed by atoms with Gasteiger partial charge in [0.2, 0.25) is 15.9 Å². The number of hydrogen-bond acceptors (Lipinski definition) is 6. The second-order valence-electron chi connectivity index (χ2n) is 9.39. The third-order valence-electron chi connectivity index (χ3n) is 6.94. The summed E-state index contributed by atoms with van der Waals surface area (Å²) in [5, 5.41) is 1.13. The van der Waals surface area contributed by atoms with Crippen LogP contribution in [0.2, 0.25) is 5.02 Å². The van der Waals surface area contributed by atoms with Crippen molar-refractivity contribution in [2.45, 2.75) is 50.0 Å². The van der Waals surface area contributed by atoms with Crippen LogP contribution in [0, 0.1) is 5.92 Å². The first-order chi connectivity index (χ1) is 17.3. The lowest BCUT2D eigenvalue weighted by Crippen LogP contribution is -2.48. The first-order valence-corrected chi connectivity index (χ1v) is 15.1. The number of sulfonamides is 1. The fourth-order valence-corrected chi connectivity index (χ4v) is 7.58. The molecule has 2 aromatic carbocycles. The smallest absolute Gasteiger partial charge is 0.243 e. The van der Waals surface area contributed by atoms with Gasteiger partial charge in [-0.05, 0) is 74.1 Å². The molecule has 1 aromatic heterocycles. The number of aryl methyl sites for hydroxylation is 1. The van der Waals surface area contributed by atoms with E-state index in [1.807, 2.05) is 6.07 Å². The maximum absolute atomic E-state index is 13.9. The van der Waals surface area contributed by atoms with E-state index in [-0.39, 0.29) is 23.5 Å². The fourth-order valence-electron chi connectivity index (χ4n) is 4.88. The van der Waals surface area contributed by atoms with E-state index in [0.29, 0.717) is 42.7 Å². The maximum atomic E-state index is 13.9. The van der Waals surface area contributed by atoms with Crippen LogP contribution in [0.1, 0.15) is 38.2 Å². The molecule has 2 aliphatic rings. The van der Waals surface area contributed by atoms with Crippen molar-refractivity contribution in [3.8, 4) is 0 Å². The highest BCUT2D eigenvalue weighted by Crippen LogP contribution is 2.33. The summed E-state index contributed by atoms with van der Waals surface area (Å²) in [5.74, 6) is -0.531. The van der Waals surface area contributed by atoms with Gasteiger partial charge in [0.15, 0.2) is 5.13 Å². The Hall–Kier alpha value is -2.04. The number of amides is 1. The number of aromatic nitrogens is 1. The summed E-state index contributed by atoms with van der Waals surface area (Å²) < 4.78 is 34.9. The fraction of sp³-hybridized carbons (Fsp3) is 0.462. The molecule has 2 aliphatic heterocycles. The zero-order chi connectivity index (χ0) is 25.3. The predicted molar refractivity (Wildman–Crippen MR) is 143 cm³/mol. The molecule has 7 nitrogen and oxygen atoms in total. The summed E-state index contributed by atoms with van der Waals surface area (Å²) in [4.78, 5) is 20.7. The second kappa shape index (κ2) is 10.8. The molecule has 0 saturated carbocycles. The Morgan fingerprint density at radius 1 is 1.19 bits per heavy atom. The van der Waals surface area contributed by atoms with Crippen LogP contribution in [0.5, 0.6) is 0 Å². The van der Waals surface area contributed by atoms with E-state index in [9.17, 15) is 13.2 Å². The monoisotopic (exact) mass is 547 g/mol. The summed E-state index contributed by atoms with van der Waals surface area (Å²) in [6, 6.07) is 12.4. The van der Waals surface area contributed by atoms with Gasteiger partial charge in [-0.3, -0.25) is 9.69 Å². The second-order valence-corrected chi connectivity index (χ2v) is 12.8. The number of piperidine rings is 1. The molecular weight excluding hydrogens is 518 g/mol. The first kappa shape index (κ1) is 25.6. The van der Waals surface area contributed by atoms with Gasteiger partial charge in [0.05, 0.1) is 33.7 Å². The molecule has 5 rings (SSSR count). The minimum Gasteiger partial charge on any atom is -0.376 e. The average molecular weight is 548 g/mol. The summed E-state index contributed by atoms with van der Waals surface area (Å²) in [6.45, 7) is 3.78. The van der Waals surface area contributed by atoms with Gasteiger partial charge in [-0.1, -0.05) is 35.9 Å². The van der Waals surface area contributed by atoms with Gasteiger partial charge in [-0.25, -0.2) is 13.4 Å². The summed E-state index contributed by atoms with van der Waals surface area (Å²) in [7, 11) is -3.72. The number of anilines is 1. The molecule has 0 radical (unpaired) electrons. The van der Waals surface area contributed by atoms with Crippen molar-refractivity contribution >= 4 is 54.2 Å². The van der Waals surface area contributed by atoms with E-state index in [2.05, 4.69) is 19.1 Å². The van der Waals surface area contributed by atoms with Crippen molar-refractivity contribution in [1.82, 2.24) is 9.29 Å². The van der Waals surface area contributed by atoms with Crippen LogP contribution in [0.15, 0.2) is 47.4 Å². The molecule has 1 amide bonds. The van der Waals surface area contributed by atoms with E-state index >= 15 is 0 Å². The molecule has 0 N–H and O–H groups in total. The Balaban J connectivity index is 1.41. The number of carbonyl (C=O) groups is 1. The third-order valence-corrected chi connectivity index (χ3v) is 10.1. The van der Waals surface area contributed by atoms with Gasteiger partial charge < -0.3 is 4.74 Å². The third kappa shape index (κ3) is 5.31. The SMILES string of the molecule is CCc1ccc2nc(N(CC3CCCO3)C(=O)C3CCCN(S(=O)(=O)c4ccc(Cl)cc4)C3)sc2c1. The molecule has 10 heteroatoms. The minimum atomic E-state index is -3.72. The molecule has 0 spiro atoms. The zero-order valence-electron chi connectivity index (χ0n) is 20.2. The number of halogens is 1. The number of nitrogens with zero attached hydrogens (tertiary/aromatic N) is 3. The van der Waals surface area contributed by atoms with E-state index < -0.39 is 15.9 Å². The molecule has 2 unspecified atom stereocenters. The van der Waals surface area contributed by atoms with Crippen LogP contribution in [-0.2, 0) is 26.0 Å². The Kier molecular flexibility index (Phi) is 7.65. The number of benzene rings is 2. The number of ether oxygens (including phenoxy) is 1. The number of thiazole rings is 1. The van der Waals surface area contributed by atoms with E-state index in [4.69, 9.17) is 21.3 Å². The Bertz CT molecular complexity index is 1340. The highest BCUT2D eigenvalue weighted by Gasteiger charge is 2.37. The summed E-state index contributed by atoms with van der Waals surface area (Å²) in [6.07, 6.45) is 4.03. The number of hydrogen-bond donors (Lipinski definition) is 0. The van der Waals surface area contributed by atoms with Crippen LogP contribution < -0.4 is 4.90 Å². The minimum absolute atomic E-state index is 0.0374. The summed E-state index contributed by atoms with van der Waals surface area (Å²) >= 11 is 7.46. The molecule has 2 atom stereocenters. The zero-order valence-corrected chi connectivity index (χ0v) is 22.6. The summed E-state index contributed by atoms with van der Waals surface area (Å²) in [5.41, 5.74) is 2.10. The highest BCUT2D eigenvalue weighted by molar-refractivity contribution is 7.89. The van der Waals surface area contributed by atoms with Gasteiger partial charge in [0, 0.05) is 24.7 Å². The molecule has 36 heavy (non-hydrogen) atoms. The Morgan fingerprint density at radius 2 is 2.00 bits per heavy atom. The van der Waals surface area contributed by atoms with Gasteiger partial charge in [0.1, 0.15) is 0 Å². The molecular formula is C26H30ClN3O4S2. The maximum Gasteiger partial charge on any atom is 0.243 e. The van der Waals surface area contributed by atoms with E-state index in [1.165, 1.54) is 33.3 Å². The lowest BCUT2D eigenvalue weighted by molar-refractivity contribution is -0.123. The Labute approximate surface area is 221 Å². The van der Waals surface area contributed by atoms with Crippen molar-refractivity contribution in [2.75, 3.05) is 31.1 Å². The number of fused-ring (bicyclic) bond motifs is 1. The van der Waals surface area contributed by atoms with E-state index in [0.717, 1.165) is 29.5 Å². The van der Waals surface area contributed by atoms with E-state index in [1.54, 1.807) is 17.0 Å². The van der Waals surface area contributed by atoms with Gasteiger partial charge in [-0.2, -0.15) is 4.31 Å². The molecule has 3 heterocycles. The van der Waals surface area contributed by atoms with Crippen LogP contribution in [0.4, 0.5) is 5.13 Å². The van der Waals surface area contributed by atoms with Crippen molar-refractivity contribution < 1.29 is 17.9 Å². The predicted octanol–water partition coefficient (Wildman–Crippen LogP) is 5.13. The van der Waals surface area contributed by atoms with Crippen molar-refractivity contribution in [2.24, 2.45) is 5.92 Å². The largest absolute Gasteiger partial charge is 0.376 e. The highest BCUT2D eigenvalue weighted by atomic mass is 35.5. The standard InChI is InChI=1S/C26H30ClN3O4S2/c1-2-18-7-12-23-24(15-18)35-26(28-23)30(17-21-6-4-14-34-21)25(31)19-5-3-13-29(16-19)36(32,33)22-10-8-20(27)9-11-22/h7-12,15,19,21H,2-6,13-14,16-17H2,1H3.